The number of para-hydroxylation sites is 1. The molecule has 27 heavy (non-hydrogen) atoms. The number of amides is 2. The number of anilines is 1. The van der Waals surface area contributed by atoms with Crippen LogP contribution in [0, 0.1) is 12.8 Å². The van der Waals surface area contributed by atoms with E-state index in [2.05, 4.69) is 5.32 Å². The largest absolute Gasteiger partial charge is 0.416 e. The topological polar surface area (TPSA) is 32.3 Å². The fraction of sp³-hybridized carbons (Fsp3) is 0.381. The molecule has 0 saturated carbocycles. The maximum Gasteiger partial charge on any atom is 0.416 e. The number of piperidine rings is 1. The van der Waals surface area contributed by atoms with Crippen molar-refractivity contribution in [2.75, 3.05) is 18.4 Å². The molecule has 3 nitrogen and oxygen atoms in total. The lowest BCUT2D eigenvalue weighted by Gasteiger charge is -2.32. The molecule has 0 bridgehead atoms. The van der Waals surface area contributed by atoms with Crippen LogP contribution in [0.25, 0.3) is 0 Å². The predicted octanol–water partition coefficient (Wildman–Crippen LogP) is 5.50. The van der Waals surface area contributed by atoms with E-state index < -0.39 is 11.7 Å². The second-order valence-corrected chi connectivity index (χ2v) is 7.07. The van der Waals surface area contributed by atoms with E-state index in [0.29, 0.717) is 19.0 Å². The number of nitrogens with one attached hydrogen (secondary N) is 1. The molecule has 1 N–H and O–H groups in total. The Bertz CT molecular complexity index is 779. The molecule has 2 aromatic rings. The number of benzene rings is 2. The first-order chi connectivity index (χ1) is 12.8. The van der Waals surface area contributed by atoms with E-state index in [1.54, 1.807) is 17.0 Å². The molecule has 6 heteroatoms. The highest BCUT2D eigenvalue weighted by Crippen LogP contribution is 2.30. The minimum atomic E-state index is -4.30. The zero-order chi connectivity index (χ0) is 19.4. The lowest BCUT2D eigenvalue weighted by Crippen LogP contribution is -2.41. The van der Waals surface area contributed by atoms with Gasteiger partial charge in [0.2, 0.25) is 0 Å². The molecule has 1 saturated heterocycles. The van der Waals surface area contributed by atoms with Gasteiger partial charge in [-0.1, -0.05) is 30.3 Å². The van der Waals surface area contributed by atoms with Gasteiger partial charge >= 0.3 is 12.2 Å². The fourth-order valence-corrected chi connectivity index (χ4v) is 3.41. The van der Waals surface area contributed by atoms with E-state index in [0.717, 1.165) is 48.2 Å². The van der Waals surface area contributed by atoms with E-state index in [-0.39, 0.29) is 6.03 Å². The van der Waals surface area contributed by atoms with Gasteiger partial charge in [0.05, 0.1) is 5.56 Å². The highest BCUT2D eigenvalue weighted by atomic mass is 19.4. The molecule has 0 atom stereocenters. The van der Waals surface area contributed by atoms with Gasteiger partial charge in [-0.2, -0.15) is 13.2 Å². The summed E-state index contributed by atoms with van der Waals surface area (Å²) >= 11 is 0. The lowest BCUT2D eigenvalue weighted by molar-refractivity contribution is -0.137. The number of hydrogen-bond donors (Lipinski definition) is 1. The number of carbonyl (C=O) groups excluding carboxylic acids is 1. The molecule has 0 spiro atoms. The Labute approximate surface area is 157 Å². The molecule has 2 aromatic carbocycles. The van der Waals surface area contributed by atoms with Crippen molar-refractivity contribution in [2.24, 2.45) is 5.92 Å². The second kappa shape index (κ2) is 8.03. The van der Waals surface area contributed by atoms with Gasteiger partial charge in [-0.15, -0.1) is 0 Å². The molecule has 1 heterocycles. The Kier molecular flexibility index (Phi) is 5.73. The van der Waals surface area contributed by atoms with Crippen molar-refractivity contribution in [3.8, 4) is 0 Å². The molecule has 144 valence electrons. The van der Waals surface area contributed by atoms with E-state index >= 15 is 0 Å². The third-order valence-electron chi connectivity index (χ3n) is 5.09. The maximum atomic E-state index is 12.6. The summed E-state index contributed by atoms with van der Waals surface area (Å²) in [5.74, 6) is 0.379. The van der Waals surface area contributed by atoms with Crippen LogP contribution in [0.1, 0.15) is 29.5 Å². The highest BCUT2D eigenvalue weighted by Gasteiger charge is 2.30. The van der Waals surface area contributed by atoms with Crippen molar-refractivity contribution in [3.63, 3.8) is 0 Å². The van der Waals surface area contributed by atoms with Gasteiger partial charge in [0, 0.05) is 18.8 Å². The van der Waals surface area contributed by atoms with Gasteiger partial charge in [0.25, 0.3) is 0 Å². The standard InChI is InChI=1S/C21H23F3N2O/c1-15-4-2-3-5-19(15)25-20(27)26-12-10-17(11-13-26)14-16-6-8-18(9-7-16)21(22,23)24/h2-9,17H,10-14H2,1H3,(H,25,27). The summed E-state index contributed by atoms with van der Waals surface area (Å²) in [7, 11) is 0. The number of halogens is 3. The van der Waals surface area contributed by atoms with Gasteiger partial charge in [-0.25, -0.2) is 4.79 Å². The predicted molar refractivity (Wildman–Crippen MR) is 99.6 cm³/mol. The zero-order valence-corrected chi connectivity index (χ0v) is 15.2. The number of nitrogens with zero attached hydrogens (tertiary/aromatic N) is 1. The molecule has 0 aliphatic carbocycles. The number of rotatable bonds is 3. The van der Waals surface area contributed by atoms with Crippen molar-refractivity contribution in [3.05, 3.63) is 65.2 Å². The zero-order valence-electron chi connectivity index (χ0n) is 15.2. The maximum absolute atomic E-state index is 12.6. The highest BCUT2D eigenvalue weighted by molar-refractivity contribution is 5.90. The van der Waals surface area contributed by atoms with Gasteiger partial charge < -0.3 is 10.2 Å². The van der Waals surface area contributed by atoms with Gasteiger partial charge in [0.15, 0.2) is 0 Å². The number of urea groups is 1. The van der Waals surface area contributed by atoms with E-state index in [1.807, 2.05) is 31.2 Å². The van der Waals surface area contributed by atoms with Crippen LogP contribution in [0.4, 0.5) is 23.7 Å². The summed E-state index contributed by atoms with van der Waals surface area (Å²) in [4.78, 5) is 14.2. The third kappa shape index (κ3) is 5.02. The van der Waals surface area contributed by atoms with Crippen LogP contribution in [0.2, 0.25) is 0 Å². The fourth-order valence-electron chi connectivity index (χ4n) is 3.41. The van der Waals surface area contributed by atoms with E-state index in [1.165, 1.54) is 0 Å². The van der Waals surface area contributed by atoms with Crippen molar-refractivity contribution < 1.29 is 18.0 Å². The van der Waals surface area contributed by atoms with Crippen molar-refractivity contribution in [1.82, 2.24) is 4.90 Å². The van der Waals surface area contributed by atoms with Gasteiger partial charge in [-0.3, -0.25) is 0 Å². The minimum absolute atomic E-state index is 0.0997. The molecule has 1 aliphatic rings. The minimum Gasteiger partial charge on any atom is -0.325 e. The SMILES string of the molecule is Cc1ccccc1NC(=O)N1CCC(Cc2ccc(C(F)(F)F)cc2)CC1. The molecule has 1 aliphatic heterocycles. The van der Waals surface area contributed by atoms with Crippen LogP contribution < -0.4 is 5.32 Å². The molecule has 0 unspecified atom stereocenters. The summed E-state index contributed by atoms with van der Waals surface area (Å²) < 4.78 is 37.9. The summed E-state index contributed by atoms with van der Waals surface area (Å²) in [5.41, 5.74) is 2.12. The summed E-state index contributed by atoms with van der Waals surface area (Å²) in [5, 5.41) is 2.95. The molecular formula is C21H23F3N2O. The molecule has 1 fully saturated rings. The van der Waals surface area contributed by atoms with Crippen LogP contribution in [-0.2, 0) is 12.6 Å². The smallest absolute Gasteiger partial charge is 0.325 e. The quantitative estimate of drug-likeness (QED) is 0.754. The molecule has 0 aromatic heterocycles. The van der Waals surface area contributed by atoms with Crippen molar-refractivity contribution in [1.29, 1.82) is 0 Å². The second-order valence-electron chi connectivity index (χ2n) is 7.07. The van der Waals surface area contributed by atoms with Crippen LogP contribution >= 0.6 is 0 Å². The van der Waals surface area contributed by atoms with Crippen LogP contribution in [-0.4, -0.2) is 24.0 Å². The summed E-state index contributed by atoms with van der Waals surface area (Å²) in [6.45, 7) is 3.26. The number of alkyl halides is 3. The van der Waals surface area contributed by atoms with Crippen molar-refractivity contribution in [2.45, 2.75) is 32.4 Å². The number of aryl methyl sites for hydroxylation is 1. The Morgan fingerprint density at radius 1 is 1.07 bits per heavy atom. The number of hydrogen-bond acceptors (Lipinski definition) is 1. The van der Waals surface area contributed by atoms with Gasteiger partial charge in [-0.05, 0) is 61.4 Å². The van der Waals surface area contributed by atoms with Gasteiger partial charge in [0.1, 0.15) is 0 Å². The first-order valence-electron chi connectivity index (χ1n) is 9.10. The first-order valence-corrected chi connectivity index (χ1v) is 9.10. The van der Waals surface area contributed by atoms with E-state index in [4.69, 9.17) is 0 Å². The van der Waals surface area contributed by atoms with Crippen LogP contribution in [0.3, 0.4) is 0 Å². The van der Waals surface area contributed by atoms with E-state index in [9.17, 15) is 18.0 Å². The van der Waals surface area contributed by atoms with Crippen molar-refractivity contribution >= 4 is 11.7 Å². The van der Waals surface area contributed by atoms with Crippen LogP contribution in [0.15, 0.2) is 48.5 Å². The first kappa shape index (κ1) is 19.3. The summed E-state index contributed by atoms with van der Waals surface area (Å²) in [6.07, 6.45) is -1.86. The Balaban J connectivity index is 1.50. The Morgan fingerprint density at radius 2 is 1.70 bits per heavy atom. The monoisotopic (exact) mass is 376 g/mol. The third-order valence-corrected chi connectivity index (χ3v) is 5.09. The Hall–Kier alpha value is -2.50. The lowest BCUT2D eigenvalue weighted by atomic mass is 9.90. The Morgan fingerprint density at radius 3 is 2.30 bits per heavy atom. The molecular weight excluding hydrogens is 353 g/mol. The van der Waals surface area contributed by atoms with Crippen LogP contribution in [0.5, 0.6) is 0 Å². The average Bonchev–Trinajstić information content (AvgIpc) is 2.64. The normalized spacial score (nSPS) is 15.6. The number of carbonyl (C=O) groups is 1. The average molecular weight is 376 g/mol. The molecule has 3 rings (SSSR count). The molecule has 0 radical (unpaired) electrons. The summed E-state index contributed by atoms with van der Waals surface area (Å²) in [6, 6.07) is 12.9. The number of likely N-dealkylation sites (tertiary alicyclic amines) is 1. The molecule has 2 amide bonds.